The molecule has 0 bridgehead atoms. The van der Waals surface area contributed by atoms with E-state index in [1.165, 1.54) is 31.4 Å². The van der Waals surface area contributed by atoms with Crippen molar-refractivity contribution in [1.29, 1.82) is 0 Å². The molecule has 13 heavy (non-hydrogen) atoms. The first-order valence-electron chi connectivity index (χ1n) is 5.51. The summed E-state index contributed by atoms with van der Waals surface area (Å²) in [7, 11) is 2.14. The maximum atomic E-state index is 4.68. The first-order chi connectivity index (χ1) is 6.20. The monoisotopic (exact) mass is 180 g/mol. The van der Waals surface area contributed by atoms with Crippen molar-refractivity contribution in [1.82, 2.24) is 5.01 Å². The number of fused-ring (bicyclic) bond motifs is 1. The Kier molecular flexibility index (Phi) is 2.31. The van der Waals surface area contributed by atoms with Crippen LogP contribution in [-0.2, 0) is 0 Å². The molecule has 1 aliphatic heterocycles. The minimum Gasteiger partial charge on any atom is -0.296 e. The molecule has 0 saturated heterocycles. The molecule has 0 aromatic carbocycles. The Balaban J connectivity index is 2.16. The summed E-state index contributed by atoms with van der Waals surface area (Å²) in [6.45, 7) is 4.54. The van der Waals surface area contributed by atoms with E-state index in [0.717, 1.165) is 12.0 Å². The minimum atomic E-state index is 0.635. The lowest BCUT2D eigenvalue weighted by Crippen LogP contribution is -2.34. The largest absolute Gasteiger partial charge is 0.296 e. The van der Waals surface area contributed by atoms with E-state index in [9.17, 15) is 0 Å². The Bertz CT molecular complexity index is 220. The number of hydrazone groups is 1. The third kappa shape index (κ3) is 1.47. The second-order valence-corrected chi connectivity index (χ2v) is 4.71. The van der Waals surface area contributed by atoms with E-state index < -0.39 is 0 Å². The van der Waals surface area contributed by atoms with Crippen molar-refractivity contribution in [2.24, 2.45) is 16.9 Å². The zero-order valence-corrected chi connectivity index (χ0v) is 8.95. The Morgan fingerprint density at radius 3 is 2.69 bits per heavy atom. The van der Waals surface area contributed by atoms with E-state index in [1.54, 1.807) is 0 Å². The molecule has 2 heteroatoms. The zero-order valence-electron chi connectivity index (χ0n) is 8.95. The molecule has 1 aliphatic carbocycles. The molecular formula is C11H20N2. The number of hydrogen-bond donors (Lipinski definition) is 0. The molecule has 2 atom stereocenters. The summed E-state index contributed by atoms with van der Waals surface area (Å²) in [5.74, 6) is 1.41. The first-order valence-corrected chi connectivity index (χ1v) is 5.51. The van der Waals surface area contributed by atoms with Gasteiger partial charge in [0.2, 0.25) is 0 Å². The smallest absolute Gasteiger partial charge is 0.0548 e. The van der Waals surface area contributed by atoms with Crippen LogP contribution in [0.1, 0.15) is 39.5 Å². The summed E-state index contributed by atoms with van der Waals surface area (Å²) >= 11 is 0. The summed E-state index contributed by atoms with van der Waals surface area (Å²) in [5.41, 5.74) is 1.45. The van der Waals surface area contributed by atoms with Crippen LogP contribution in [0, 0.1) is 11.8 Å². The van der Waals surface area contributed by atoms with Crippen molar-refractivity contribution in [2.45, 2.75) is 45.6 Å². The fourth-order valence-electron chi connectivity index (χ4n) is 2.78. The van der Waals surface area contributed by atoms with Gasteiger partial charge in [-0.05, 0) is 18.8 Å². The van der Waals surface area contributed by atoms with Crippen molar-refractivity contribution in [2.75, 3.05) is 7.05 Å². The molecule has 1 saturated carbocycles. The van der Waals surface area contributed by atoms with Gasteiger partial charge in [-0.3, -0.25) is 5.01 Å². The third-order valence-corrected chi connectivity index (χ3v) is 3.45. The van der Waals surface area contributed by atoms with Crippen LogP contribution in [0.5, 0.6) is 0 Å². The molecule has 2 aliphatic rings. The highest BCUT2D eigenvalue weighted by atomic mass is 15.5. The predicted molar refractivity (Wildman–Crippen MR) is 55.8 cm³/mol. The van der Waals surface area contributed by atoms with Gasteiger partial charge in [0.15, 0.2) is 0 Å². The predicted octanol–water partition coefficient (Wildman–Crippen LogP) is 2.50. The highest BCUT2D eigenvalue weighted by Gasteiger charge is 2.37. The second-order valence-electron chi connectivity index (χ2n) is 4.71. The Labute approximate surface area is 81.0 Å². The van der Waals surface area contributed by atoms with Crippen molar-refractivity contribution in [3.05, 3.63) is 0 Å². The Morgan fingerprint density at radius 1 is 1.31 bits per heavy atom. The standard InChI is InChI=1S/C11H20N2/c1-8(2)11-9-6-4-5-7-10(9)13(3)12-11/h8-10H,4-7H2,1-3H3/t9-,10+/m0/s1. The molecule has 0 aromatic heterocycles. The molecular weight excluding hydrogens is 160 g/mol. The van der Waals surface area contributed by atoms with Crippen LogP contribution in [0.3, 0.4) is 0 Å². The highest BCUT2D eigenvalue weighted by Crippen LogP contribution is 2.35. The molecule has 0 aromatic rings. The van der Waals surface area contributed by atoms with Gasteiger partial charge in [0.25, 0.3) is 0 Å². The lowest BCUT2D eigenvalue weighted by molar-refractivity contribution is 0.198. The van der Waals surface area contributed by atoms with Gasteiger partial charge in [-0.2, -0.15) is 5.10 Å². The van der Waals surface area contributed by atoms with Gasteiger partial charge in [-0.1, -0.05) is 26.7 Å². The molecule has 0 amide bonds. The van der Waals surface area contributed by atoms with E-state index in [4.69, 9.17) is 0 Å². The van der Waals surface area contributed by atoms with Crippen molar-refractivity contribution >= 4 is 5.71 Å². The van der Waals surface area contributed by atoms with Crippen molar-refractivity contribution in [3.8, 4) is 0 Å². The Hall–Kier alpha value is -0.530. The van der Waals surface area contributed by atoms with E-state index in [-0.39, 0.29) is 0 Å². The molecule has 0 unspecified atom stereocenters. The summed E-state index contributed by atoms with van der Waals surface area (Å²) < 4.78 is 0. The Morgan fingerprint density at radius 2 is 2.00 bits per heavy atom. The normalized spacial score (nSPS) is 33.5. The van der Waals surface area contributed by atoms with Crippen LogP contribution in [0.15, 0.2) is 5.10 Å². The summed E-state index contributed by atoms with van der Waals surface area (Å²) in [4.78, 5) is 0. The maximum Gasteiger partial charge on any atom is 0.0548 e. The summed E-state index contributed by atoms with van der Waals surface area (Å²) in [5, 5.41) is 6.89. The molecule has 0 radical (unpaired) electrons. The van der Waals surface area contributed by atoms with Crippen molar-refractivity contribution < 1.29 is 0 Å². The lowest BCUT2D eigenvalue weighted by Gasteiger charge is -2.30. The average Bonchev–Trinajstić information content (AvgIpc) is 2.45. The zero-order chi connectivity index (χ0) is 9.42. The van der Waals surface area contributed by atoms with Crippen LogP contribution >= 0.6 is 0 Å². The van der Waals surface area contributed by atoms with E-state index in [1.807, 2.05) is 0 Å². The second kappa shape index (κ2) is 3.32. The number of nitrogens with zero attached hydrogens (tertiary/aromatic N) is 2. The first kappa shape index (κ1) is 9.04. The van der Waals surface area contributed by atoms with Gasteiger partial charge in [0.1, 0.15) is 0 Å². The van der Waals surface area contributed by atoms with E-state index >= 15 is 0 Å². The van der Waals surface area contributed by atoms with Crippen LogP contribution in [0.2, 0.25) is 0 Å². The van der Waals surface area contributed by atoms with Gasteiger partial charge in [-0.25, -0.2) is 0 Å². The quantitative estimate of drug-likeness (QED) is 0.605. The summed E-state index contributed by atoms with van der Waals surface area (Å²) in [6, 6.07) is 0.728. The third-order valence-electron chi connectivity index (χ3n) is 3.45. The molecule has 74 valence electrons. The molecule has 2 nitrogen and oxygen atoms in total. The maximum absolute atomic E-state index is 4.68. The number of rotatable bonds is 1. The lowest BCUT2D eigenvalue weighted by atomic mass is 9.79. The minimum absolute atomic E-state index is 0.635. The average molecular weight is 180 g/mol. The molecule has 1 fully saturated rings. The topological polar surface area (TPSA) is 15.6 Å². The highest BCUT2D eigenvalue weighted by molar-refractivity contribution is 5.90. The van der Waals surface area contributed by atoms with Crippen LogP contribution in [-0.4, -0.2) is 23.8 Å². The van der Waals surface area contributed by atoms with Gasteiger partial charge < -0.3 is 0 Å². The van der Waals surface area contributed by atoms with Gasteiger partial charge in [0, 0.05) is 18.7 Å². The van der Waals surface area contributed by atoms with E-state index in [0.29, 0.717) is 5.92 Å². The van der Waals surface area contributed by atoms with Crippen LogP contribution < -0.4 is 0 Å². The SMILES string of the molecule is CC(C)C1=NN(C)[C@@H]2CCCC[C@H]12. The fourth-order valence-corrected chi connectivity index (χ4v) is 2.78. The van der Waals surface area contributed by atoms with Gasteiger partial charge in [0.05, 0.1) is 6.04 Å². The molecule has 1 heterocycles. The molecule has 0 N–H and O–H groups in total. The fraction of sp³-hybridized carbons (Fsp3) is 0.909. The van der Waals surface area contributed by atoms with Gasteiger partial charge >= 0.3 is 0 Å². The summed E-state index contributed by atoms with van der Waals surface area (Å²) in [6.07, 6.45) is 5.51. The number of hydrogen-bond acceptors (Lipinski definition) is 2. The van der Waals surface area contributed by atoms with E-state index in [2.05, 4.69) is 31.0 Å². The van der Waals surface area contributed by atoms with Crippen LogP contribution in [0.25, 0.3) is 0 Å². The van der Waals surface area contributed by atoms with Gasteiger partial charge in [-0.15, -0.1) is 0 Å². The van der Waals surface area contributed by atoms with Crippen molar-refractivity contribution in [3.63, 3.8) is 0 Å². The van der Waals surface area contributed by atoms with Crippen LogP contribution in [0.4, 0.5) is 0 Å². The molecule has 0 spiro atoms. The molecule has 2 rings (SSSR count).